The third-order valence-corrected chi connectivity index (χ3v) is 13.6. The first-order valence-corrected chi connectivity index (χ1v) is 23.5. The van der Waals surface area contributed by atoms with Crippen molar-refractivity contribution < 1.29 is 6.48 Å². The highest BCUT2D eigenvalue weighted by atomic mass is 16.3. The molecular formula is C62H61N3O. The summed E-state index contributed by atoms with van der Waals surface area (Å²) >= 11 is 0. The molecule has 2 aromatic heterocycles. The lowest BCUT2D eigenvalue weighted by Crippen LogP contribution is -2.16. The zero-order valence-corrected chi connectivity index (χ0v) is 39.8. The fourth-order valence-electron chi connectivity index (χ4n) is 9.08. The van der Waals surface area contributed by atoms with Gasteiger partial charge in [-0.3, -0.25) is 9.55 Å². The number of phenols is 1. The normalized spacial score (nSPS) is 12.3. The number of hydrogen-bond donors (Lipinski definition) is 1. The summed E-state index contributed by atoms with van der Waals surface area (Å²) in [5, 5.41) is 12.4. The number of rotatable bonds is 12. The van der Waals surface area contributed by atoms with Crippen molar-refractivity contribution in [3.63, 3.8) is 0 Å². The first-order chi connectivity index (χ1) is 32.1. The van der Waals surface area contributed by atoms with E-state index in [9.17, 15) is 5.11 Å². The Balaban J connectivity index is 1.32. The molecule has 0 saturated heterocycles. The van der Waals surface area contributed by atoms with Gasteiger partial charge in [0.05, 0.1) is 28.0 Å². The Morgan fingerprint density at radius 3 is 1.89 bits per heavy atom. The van der Waals surface area contributed by atoms with Crippen LogP contribution in [0.3, 0.4) is 0 Å². The van der Waals surface area contributed by atoms with Crippen molar-refractivity contribution in [3.05, 3.63) is 192 Å². The summed E-state index contributed by atoms with van der Waals surface area (Å²) in [4.78, 5) is 10.6. The van der Waals surface area contributed by atoms with Gasteiger partial charge in [-0.1, -0.05) is 172 Å². The highest BCUT2D eigenvalue weighted by Crippen LogP contribution is 2.45. The molecule has 0 aliphatic rings. The van der Waals surface area contributed by atoms with Crippen molar-refractivity contribution >= 4 is 11.0 Å². The first kappa shape index (κ1) is 42.9. The molecule has 0 atom stereocenters. The highest BCUT2D eigenvalue weighted by molar-refractivity contribution is 5.98. The predicted molar refractivity (Wildman–Crippen MR) is 279 cm³/mol. The number of pyridine rings is 1. The summed E-state index contributed by atoms with van der Waals surface area (Å²) in [6.07, 6.45) is 2.89. The van der Waals surface area contributed by atoms with Crippen LogP contribution in [0.2, 0.25) is 0 Å². The molecule has 0 radical (unpaired) electrons. The summed E-state index contributed by atoms with van der Waals surface area (Å²) < 4.78 is 10.8. The lowest BCUT2D eigenvalue weighted by molar-refractivity contribution is 0.466. The molecule has 4 heteroatoms. The summed E-state index contributed by atoms with van der Waals surface area (Å²) in [6.45, 7) is 19.4. The van der Waals surface area contributed by atoms with E-state index in [1.54, 1.807) is 0 Å². The topological polar surface area (TPSA) is 50.9 Å². The molecule has 4 nitrogen and oxygen atoms in total. The molecule has 66 heavy (non-hydrogen) atoms. The van der Waals surface area contributed by atoms with Gasteiger partial charge in [0.15, 0.2) is 0 Å². The van der Waals surface area contributed by atoms with Crippen molar-refractivity contribution in [2.75, 3.05) is 0 Å². The van der Waals surface area contributed by atoms with Crippen molar-refractivity contribution in [2.24, 2.45) is 0 Å². The quantitative estimate of drug-likeness (QED) is 0.133. The van der Waals surface area contributed by atoms with Gasteiger partial charge in [0.25, 0.3) is 0 Å². The average molecular weight is 865 g/mol. The minimum Gasteiger partial charge on any atom is -0.507 e. The fourth-order valence-corrected chi connectivity index (χ4v) is 9.08. The largest absolute Gasteiger partial charge is 0.507 e. The van der Waals surface area contributed by atoms with Crippen LogP contribution >= 0.6 is 0 Å². The summed E-state index contributed by atoms with van der Waals surface area (Å²) in [5.41, 5.74) is 18.1. The number of aromatic hydroxyl groups is 1. The van der Waals surface area contributed by atoms with Gasteiger partial charge in [0.1, 0.15) is 11.6 Å². The smallest absolute Gasteiger partial charge is 0.149 e. The molecule has 1 N–H and O–H groups in total. The Bertz CT molecular complexity index is 3230. The molecule has 0 aliphatic heterocycles. The summed E-state index contributed by atoms with van der Waals surface area (Å²) in [7, 11) is 0. The Labute approximate surface area is 393 Å². The molecule has 0 saturated carbocycles. The van der Waals surface area contributed by atoms with Gasteiger partial charge in [-0.25, -0.2) is 4.98 Å². The van der Waals surface area contributed by atoms with Crippen molar-refractivity contribution in [1.82, 2.24) is 14.5 Å². The molecule has 0 aliphatic carbocycles. The maximum Gasteiger partial charge on any atom is 0.149 e. The second kappa shape index (κ2) is 18.1. The fraction of sp³-hybridized carbons (Fsp3) is 0.226. The molecule has 9 aromatic rings. The van der Waals surface area contributed by atoms with Crippen LogP contribution in [0.1, 0.15) is 110 Å². The molecule has 2 heterocycles. The van der Waals surface area contributed by atoms with Gasteiger partial charge in [0.2, 0.25) is 0 Å². The molecule has 0 fully saturated rings. The number of hydrogen-bond acceptors (Lipinski definition) is 3. The zero-order chi connectivity index (χ0) is 47.2. The number of aromatic nitrogens is 3. The second-order valence-electron chi connectivity index (χ2n) is 19.3. The predicted octanol–water partition coefficient (Wildman–Crippen LogP) is 17.2. The van der Waals surface area contributed by atoms with E-state index in [1.807, 2.05) is 20.0 Å². The maximum absolute atomic E-state index is 12.4. The van der Waals surface area contributed by atoms with E-state index in [-0.39, 0.29) is 23.0 Å². The highest BCUT2D eigenvalue weighted by Gasteiger charge is 2.27. The van der Waals surface area contributed by atoms with E-state index >= 15 is 0 Å². The average Bonchev–Trinajstić information content (AvgIpc) is 3.73. The minimum absolute atomic E-state index is 0.0367. The number of imidazole rings is 1. The van der Waals surface area contributed by atoms with Crippen LogP contribution < -0.4 is 0 Å². The first-order valence-electron chi connectivity index (χ1n) is 24.0. The molecule has 0 bridgehead atoms. The van der Waals surface area contributed by atoms with Gasteiger partial charge < -0.3 is 5.11 Å². The van der Waals surface area contributed by atoms with Crippen molar-refractivity contribution in [2.45, 2.75) is 91.9 Å². The van der Waals surface area contributed by atoms with Crippen LogP contribution in [-0.2, 0) is 5.41 Å². The van der Waals surface area contributed by atoms with Crippen LogP contribution in [0.25, 0.3) is 83.9 Å². The lowest BCUT2D eigenvalue weighted by atomic mass is 9.81. The van der Waals surface area contributed by atoms with Gasteiger partial charge in [0, 0.05) is 24.3 Å². The van der Waals surface area contributed by atoms with Crippen molar-refractivity contribution in [1.29, 1.82) is 0 Å². The number of para-hydroxylation sites is 1. The van der Waals surface area contributed by atoms with Gasteiger partial charge in [-0.2, -0.15) is 0 Å². The van der Waals surface area contributed by atoms with E-state index in [0.29, 0.717) is 11.4 Å². The van der Waals surface area contributed by atoms with E-state index in [4.69, 9.17) is 11.3 Å². The summed E-state index contributed by atoms with van der Waals surface area (Å²) in [6, 6.07) is 58.1. The van der Waals surface area contributed by atoms with Crippen LogP contribution in [0, 0.1) is 0 Å². The van der Waals surface area contributed by atoms with Crippen molar-refractivity contribution in [3.8, 4) is 78.6 Å². The van der Waals surface area contributed by atoms with Crippen LogP contribution in [0.4, 0.5) is 0 Å². The third kappa shape index (κ3) is 8.49. The Kier molecular flexibility index (Phi) is 11.8. The van der Waals surface area contributed by atoms with Gasteiger partial charge in [-0.05, 0) is 140 Å². The maximum atomic E-state index is 12.4. The van der Waals surface area contributed by atoms with Crippen LogP contribution in [0.5, 0.6) is 5.75 Å². The molecule has 330 valence electrons. The molecular weight excluding hydrogens is 803 g/mol. The lowest BCUT2D eigenvalue weighted by Gasteiger charge is -2.26. The zero-order valence-electron chi connectivity index (χ0n) is 40.8. The molecule has 7 aromatic carbocycles. The third-order valence-electron chi connectivity index (χ3n) is 13.6. The van der Waals surface area contributed by atoms with E-state index < -0.39 is 5.89 Å². The van der Waals surface area contributed by atoms with E-state index in [1.165, 1.54) is 5.56 Å². The Hall–Kier alpha value is -7.04. The van der Waals surface area contributed by atoms with Gasteiger partial charge >= 0.3 is 0 Å². The molecule has 0 amide bonds. The molecule has 0 unspecified atom stereocenters. The van der Waals surface area contributed by atoms with E-state index in [2.05, 4.69) is 217 Å². The minimum atomic E-state index is -0.675. The Morgan fingerprint density at radius 2 is 1.23 bits per heavy atom. The Morgan fingerprint density at radius 1 is 0.561 bits per heavy atom. The van der Waals surface area contributed by atoms with Gasteiger partial charge in [-0.15, -0.1) is 0 Å². The molecule has 9 rings (SSSR count). The SMILES string of the molecule is [2H]C(C)(C)c1ccc(-c2ccnc(-c3cc(-c4ccccc4)cc(-c4cccc5c4nc(-c4cc(C(C)C)cc(C(C)C)c4O)n5-c4ccc(C(C)(C)CC)cc4-c4ccccc4)c3)c2)cc1. The standard InChI is InChI=1S/C62H61N3O/c1-10-62(8,9)51-28-29-57(54(38-51)45-20-15-12-16-21-45)65-58-23-17-22-52(59(58)64-61(65)55-36-47(40(4)5)35-53(41(6)7)60(55)66)49-32-48(43-18-13-11-14-19-43)33-50(34-49)56-37-46(30-31-63-56)44-26-24-42(25-27-44)39(2)3/h11-41,66H,10H2,1-9H3/i39D. The number of benzene rings is 7. The number of fused-ring (bicyclic) bond motifs is 1. The van der Waals surface area contributed by atoms with Crippen LogP contribution in [0.15, 0.2) is 170 Å². The molecule has 0 spiro atoms. The summed E-state index contributed by atoms with van der Waals surface area (Å²) in [5.74, 6) is 0.618. The monoisotopic (exact) mass is 864 g/mol. The number of phenolic OH excluding ortho intramolecular Hbond substituents is 1. The number of nitrogens with zero attached hydrogens (tertiary/aromatic N) is 3. The second-order valence-corrected chi connectivity index (χ2v) is 19.3. The van der Waals surface area contributed by atoms with Crippen LogP contribution in [-0.4, -0.2) is 19.6 Å². The van der Waals surface area contributed by atoms with E-state index in [0.717, 1.165) is 95.6 Å².